The van der Waals surface area contributed by atoms with Gasteiger partial charge in [0.25, 0.3) is 0 Å². The Bertz CT molecular complexity index is 390. The molecule has 0 amide bonds. The number of benzene rings is 1. The quantitative estimate of drug-likeness (QED) is 0.635. The van der Waals surface area contributed by atoms with Crippen LogP contribution in [0.3, 0.4) is 0 Å². The second-order valence-electron chi connectivity index (χ2n) is 3.58. The molecule has 0 heterocycles. The second-order valence-corrected chi connectivity index (χ2v) is 4.01. The Kier molecular flexibility index (Phi) is 4.38. The molecule has 0 fully saturated rings. The molecule has 0 saturated heterocycles. The van der Waals surface area contributed by atoms with E-state index >= 15 is 0 Å². The molecule has 0 saturated carbocycles. The van der Waals surface area contributed by atoms with Crippen LogP contribution >= 0.6 is 11.6 Å². The monoisotopic (exact) mass is 218 g/mol. The van der Waals surface area contributed by atoms with E-state index < -0.39 is 0 Å². The fraction of sp³-hybridized carbons (Fsp3) is 0.143. The minimum atomic E-state index is 0.754. The normalized spacial score (nSPS) is 11.0. The van der Waals surface area contributed by atoms with Crippen LogP contribution in [0.15, 0.2) is 54.6 Å². The van der Waals surface area contributed by atoms with Crippen LogP contribution < -0.4 is 0 Å². The molecule has 0 radical (unpaired) electrons. The van der Waals surface area contributed by atoms with E-state index in [4.69, 9.17) is 11.6 Å². The Labute approximate surface area is 96.6 Å². The summed E-state index contributed by atoms with van der Waals surface area (Å²) in [7, 11) is 0. The van der Waals surface area contributed by atoms with Crippen LogP contribution in [0.25, 0.3) is 5.57 Å². The third kappa shape index (κ3) is 3.77. The first-order valence-corrected chi connectivity index (χ1v) is 5.25. The smallest absolute Gasteiger partial charge is 0.0406 e. The maximum Gasteiger partial charge on any atom is 0.0406 e. The first-order valence-electron chi connectivity index (χ1n) is 4.87. The zero-order valence-corrected chi connectivity index (χ0v) is 9.88. The fourth-order valence-corrected chi connectivity index (χ4v) is 1.31. The molecule has 0 aliphatic rings. The molecule has 0 unspecified atom stereocenters. The van der Waals surface area contributed by atoms with Crippen LogP contribution in [0.2, 0.25) is 5.02 Å². The van der Waals surface area contributed by atoms with Crippen LogP contribution in [-0.4, -0.2) is 0 Å². The predicted molar refractivity (Wildman–Crippen MR) is 69.1 cm³/mol. The lowest BCUT2D eigenvalue weighted by Crippen LogP contribution is -1.79. The van der Waals surface area contributed by atoms with Gasteiger partial charge in [0.2, 0.25) is 0 Å². The molecule has 1 aromatic carbocycles. The van der Waals surface area contributed by atoms with Gasteiger partial charge in [-0.2, -0.15) is 0 Å². The van der Waals surface area contributed by atoms with E-state index in [1.165, 1.54) is 5.57 Å². The summed E-state index contributed by atoms with van der Waals surface area (Å²) in [6.45, 7) is 7.94. The molecule has 1 heteroatoms. The number of rotatable bonds is 3. The van der Waals surface area contributed by atoms with Gasteiger partial charge in [-0.05, 0) is 37.1 Å². The van der Waals surface area contributed by atoms with Crippen molar-refractivity contribution in [1.29, 1.82) is 0 Å². The summed E-state index contributed by atoms with van der Waals surface area (Å²) in [6.07, 6.45) is 5.99. The number of halogens is 1. The number of hydrogen-bond acceptors (Lipinski definition) is 0. The molecule has 0 N–H and O–H groups in total. The van der Waals surface area contributed by atoms with Crippen LogP contribution in [0, 0.1) is 0 Å². The average molecular weight is 219 g/mol. The van der Waals surface area contributed by atoms with Crippen molar-refractivity contribution in [3.8, 4) is 0 Å². The van der Waals surface area contributed by atoms with E-state index in [-0.39, 0.29) is 0 Å². The fourth-order valence-electron chi connectivity index (χ4n) is 1.18. The van der Waals surface area contributed by atoms with Crippen molar-refractivity contribution in [3.63, 3.8) is 0 Å². The van der Waals surface area contributed by atoms with Crippen molar-refractivity contribution >= 4 is 17.2 Å². The molecule has 0 aliphatic carbocycles. The van der Waals surface area contributed by atoms with Crippen LogP contribution in [0.4, 0.5) is 0 Å². The van der Waals surface area contributed by atoms with Gasteiger partial charge in [0.1, 0.15) is 0 Å². The highest BCUT2D eigenvalue weighted by atomic mass is 35.5. The van der Waals surface area contributed by atoms with Gasteiger partial charge in [-0.3, -0.25) is 0 Å². The van der Waals surface area contributed by atoms with E-state index in [2.05, 4.69) is 32.6 Å². The molecular weight excluding hydrogens is 204 g/mol. The topological polar surface area (TPSA) is 0 Å². The highest BCUT2D eigenvalue weighted by Gasteiger charge is 1.95. The van der Waals surface area contributed by atoms with E-state index in [1.807, 2.05) is 30.3 Å². The number of allylic oxidation sites excluding steroid dienone is 5. The van der Waals surface area contributed by atoms with Gasteiger partial charge in [-0.1, -0.05) is 54.1 Å². The molecule has 0 spiro atoms. The van der Waals surface area contributed by atoms with E-state index in [1.54, 1.807) is 0 Å². The predicted octanol–water partition coefficient (Wildman–Crippen LogP) is 4.88. The lowest BCUT2D eigenvalue weighted by atomic mass is 10.1. The van der Waals surface area contributed by atoms with E-state index in [0.717, 1.165) is 16.2 Å². The lowest BCUT2D eigenvalue weighted by Gasteiger charge is -2.01. The Morgan fingerprint density at radius 1 is 1.13 bits per heavy atom. The zero-order valence-electron chi connectivity index (χ0n) is 9.13. The van der Waals surface area contributed by atoms with Crippen molar-refractivity contribution in [2.75, 3.05) is 0 Å². The molecule has 0 aliphatic heterocycles. The summed E-state index contributed by atoms with van der Waals surface area (Å²) >= 11 is 5.83. The Hall–Kier alpha value is -1.27. The molecule has 1 rings (SSSR count). The first-order chi connectivity index (χ1) is 7.13. The van der Waals surface area contributed by atoms with Gasteiger partial charge in [0.15, 0.2) is 0 Å². The molecule has 1 aromatic rings. The highest BCUT2D eigenvalue weighted by molar-refractivity contribution is 6.30. The van der Waals surface area contributed by atoms with Gasteiger partial charge < -0.3 is 0 Å². The van der Waals surface area contributed by atoms with E-state index in [0.29, 0.717) is 0 Å². The molecule has 78 valence electrons. The largest absolute Gasteiger partial charge is 0.0984 e. The molecule has 0 bridgehead atoms. The van der Waals surface area contributed by atoms with E-state index in [9.17, 15) is 0 Å². The van der Waals surface area contributed by atoms with Crippen LogP contribution in [0.5, 0.6) is 0 Å². The maximum atomic E-state index is 5.83. The lowest BCUT2D eigenvalue weighted by molar-refractivity contribution is 1.39. The standard InChI is InChI=1S/C14H15Cl/c1-4-12(6-5-11(2)3)13-7-9-14(15)10-8-13/h4-10H,1H2,2-3H3/b12-6+. The van der Waals surface area contributed by atoms with Gasteiger partial charge in [-0.25, -0.2) is 0 Å². The van der Waals surface area contributed by atoms with Crippen molar-refractivity contribution in [3.05, 3.63) is 65.2 Å². The van der Waals surface area contributed by atoms with Gasteiger partial charge >= 0.3 is 0 Å². The van der Waals surface area contributed by atoms with Crippen LogP contribution in [-0.2, 0) is 0 Å². The SMILES string of the molecule is C=C/C(=C\C=C(C)C)c1ccc(Cl)cc1. The summed E-state index contributed by atoms with van der Waals surface area (Å²) < 4.78 is 0. The van der Waals surface area contributed by atoms with Crippen molar-refractivity contribution in [1.82, 2.24) is 0 Å². The molecular formula is C14H15Cl. The highest BCUT2D eigenvalue weighted by Crippen LogP contribution is 2.18. The Morgan fingerprint density at radius 3 is 2.20 bits per heavy atom. The maximum absolute atomic E-state index is 5.83. The third-order valence-electron chi connectivity index (χ3n) is 1.99. The zero-order chi connectivity index (χ0) is 11.3. The minimum absolute atomic E-state index is 0.754. The van der Waals surface area contributed by atoms with Gasteiger partial charge in [-0.15, -0.1) is 0 Å². The first kappa shape index (κ1) is 11.8. The Morgan fingerprint density at radius 2 is 1.73 bits per heavy atom. The summed E-state index contributed by atoms with van der Waals surface area (Å²) in [5.74, 6) is 0. The minimum Gasteiger partial charge on any atom is -0.0984 e. The average Bonchev–Trinajstić information content (AvgIpc) is 2.21. The summed E-state index contributed by atoms with van der Waals surface area (Å²) in [4.78, 5) is 0. The summed E-state index contributed by atoms with van der Waals surface area (Å²) in [5.41, 5.74) is 3.50. The molecule has 0 atom stereocenters. The molecule has 0 nitrogen and oxygen atoms in total. The van der Waals surface area contributed by atoms with Crippen molar-refractivity contribution < 1.29 is 0 Å². The summed E-state index contributed by atoms with van der Waals surface area (Å²) in [6, 6.07) is 7.76. The molecule has 15 heavy (non-hydrogen) atoms. The Balaban J connectivity index is 3.02. The van der Waals surface area contributed by atoms with Crippen molar-refractivity contribution in [2.24, 2.45) is 0 Å². The molecule has 0 aromatic heterocycles. The second kappa shape index (κ2) is 5.57. The van der Waals surface area contributed by atoms with Gasteiger partial charge in [0, 0.05) is 5.02 Å². The van der Waals surface area contributed by atoms with Crippen LogP contribution in [0.1, 0.15) is 19.4 Å². The van der Waals surface area contributed by atoms with Gasteiger partial charge in [0.05, 0.1) is 0 Å². The third-order valence-corrected chi connectivity index (χ3v) is 2.25. The summed E-state index contributed by atoms with van der Waals surface area (Å²) in [5, 5.41) is 0.754. The number of hydrogen-bond donors (Lipinski definition) is 0. The van der Waals surface area contributed by atoms with Crippen molar-refractivity contribution in [2.45, 2.75) is 13.8 Å².